The maximum atomic E-state index is 12.2. The fourth-order valence-electron chi connectivity index (χ4n) is 2.71. The van der Waals surface area contributed by atoms with Crippen LogP contribution in [0.2, 0.25) is 0 Å². The van der Waals surface area contributed by atoms with E-state index in [-0.39, 0.29) is 29.7 Å². The van der Waals surface area contributed by atoms with Crippen LogP contribution in [-0.2, 0) is 23.9 Å². The minimum atomic E-state index is -0.757. The van der Waals surface area contributed by atoms with Crippen LogP contribution in [0.5, 0.6) is 0 Å². The van der Waals surface area contributed by atoms with Gasteiger partial charge in [0.15, 0.2) is 6.61 Å². The number of hydrogen-bond donors (Lipinski definition) is 1. The van der Waals surface area contributed by atoms with Gasteiger partial charge in [-0.25, -0.2) is 0 Å². The molecule has 0 saturated carbocycles. The maximum Gasteiger partial charge on any atom is 0.326 e. The van der Waals surface area contributed by atoms with Crippen molar-refractivity contribution in [3.63, 3.8) is 0 Å². The zero-order chi connectivity index (χ0) is 16.3. The van der Waals surface area contributed by atoms with E-state index in [9.17, 15) is 19.2 Å². The highest BCUT2D eigenvalue weighted by molar-refractivity contribution is 6.07. The predicted molar refractivity (Wildman–Crippen MR) is 76.3 cm³/mol. The molecule has 2 rings (SSSR count). The molecule has 1 aliphatic heterocycles. The Morgan fingerprint density at radius 1 is 1.23 bits per heavy atom. The number of allylic oxidation sites excluding steroid dienone is 2. The molecule has 3 amide bonds. The Bertz CT molecular complexity index is 500. The summed E-state index contributed by atoms with van der Waals surface area (Å²) in [5.41, 5.74) is 0. The number of carbonyl (C=O) groups excluding carboxylic acids is 4. The van der Waals surface area contributed by atoms with Gasteiger partial charge in [-0.1, -0.05) is 12.2 Å². The first-order valence-electron chi connectivity index (χ1n) is 7.35. The molecule has 0 unspecified atom stereocenters. The van der Waals surface area contributed by atoms with Crippen LogP contribution in [0.25, 0.3) is 0 Å². The minimum Gasteiger partial charge on any atom is -0.454 e. The van der Waals surface area contributed by atoms with Gasteiger partial charge in [0.2, 0.25) is 11.8 Å². The lowest BCUT2D eigenvalue weighted by Gasteiger charge is -2.14. The van der Waals surface area contributed by atoms with Crippen molar-refractivity contribution in [3.8, 4) is 0 Å². The molecule has 120 valence electrons. The van der Waals surface area contributed by atoms with Gasteiger partial charge in [0.25, 0.3) is 5.91 Å². The van der Waals surface area contributed by atoms with Crippen molar-refractivity contribution < 1.29 is 23.9 Å². The van der Waals surface area contributed by atoms with Crippen LogP contribution in [0.4, 0.5) is 0 Å². The van der Waals surface area contributed by atoms with Crippen molar-refractivity contribution in [1.82, 2.24) is 10.2 Å². The van der Waals surface area contributed by atoms with Crippen LogP contribution in [0, 0.1) is 11.8 Å². The van der Waals surface area contributed by atoms with Crippen LogP contribution in [0.3, 0.4) is 0 Å². The Morgan fingerprint density at radius 3 is 2.27 bits per heavy atom. The summed E-state index contributed by atoms with van der Waals surface area (Å²) < 4.78 is 4.80. The minimum absolute atomic E-state index is 0.0523. The Kier molecular flexibility index (Phi) is 4.95. The summed E-state index contributed by atoms with van der Waals surface area (Å²) in [7, 11) is 0. The molecule has 1 saturated heterocycles. The Hall–Kier alpha value is -2.18. The largest absolute Gasteiger partial charge is 0.454 e. The van der Waals surface area contributed by atoms with Crippen LogP contribution in [0.1, 0.15) is 26.7 Å². The fourth-order valence-corrected chi connectivity index (χ4v) is 2.71. The molecular weight excluding hydrogens is 288 g/mol. The highest BCUT2D eigenvalue weighted by Gasteiger charge is 2.47. The number of nitrogens with zero attached hydrogens (tertiary/aromatic N) is 1. The van der Waals surface area contributed by atoms with Gasteiger partial charge in [0.05, 0.1) is 11.8 Å². The number of amides is 3. The second-order valence-corrected chi connectivity index (χ2v) is 5.80. The SMILES string of the molecule is CC(C)NC(=O)COC(=O)CN1C(=O)[C@H]2CC=CC[C@@H]2C1=O. The van der Waals surface area contributed by atoms with E-state index in [0.717, 1.165) is 4.90 Å². The van der Waals surface area contributed by atoms with E-state index >= 15 is 0 Å². The molecule has 0 aromatic carbocycles. The van der Waals surface area contributed by atoms with E-state index in [1.54, 1.807) is 13.8 Å². The number of carbonyl (C=O) groups is 4. The molecule has 2 aliphatic rings. The van der Waals surface area contributed by atoms with Crippen molar-refractivity contribution in [1.29, 1.82) is 0 Å². The van der Waals surface area contributed by atoms with E-state index in [0.29, 0.717) is 12.8 Å². The van der Waals surface area contributed by atoms with Crippen molar-refractivity contribution in [2.45, 2.75) is 32.7 Å². The molecule has 0 spiro atoms. The Balaban J connectivity index is 1.85. The molecule has 7 heteroatoms. The number of likely N-dealkylation sites (tertiary alicyclic amines) is 1. The van der Waals surface area contributed by atoms with E-state index in [2.05, 4.69) is 5.32 Å². The van der Waals surface area contributed by atoms with Gasteiger partial charge in [-0.3, -0.25) is 24.1 Å². The van der Waals surface area contributed by atoms with Gasteiger partial charge >= 0.3 is 5.97 Å². The number of hydrogen-bond acceptors (Lipinski definition) is 5. The van der Waals surface area contributed by atoms with Crippen LogP contribution < -0.4 is 5.32 Å². The highest BCUT2D eigenvalue weighted by Crippen LogP contribution is 2.34. The standard InChI is InChI=1S/C15H20N2O5/c1-9(2)16-12(18)8-22-13(19)7-17-14(20)10-5-3-4-6-11(10)15(17)21/h3-4,9-11H,5-8H2,1-2H3,(H,16,18)/t10-,11-/m0/s1. The number of ether oxygens (including phenoxy) is 1. The van der Waals surface area contributed by atoms with E-state index < -0.39 is 25.0 Å². The summed E-state index contributed by atoms with van der Waals surface area (Å²) in [5.74, 6) is -2.57. The Morgan fingerprint density at radius 2 is 1.77 bits per heavy atom. The summed E-state index contributed by atoms with van der Waals surface area (Å²) >= 11 is 0. The zero-order valence-electron chi connectivity index (χ0n) is 12.7. The third-order valence-electron chi connectivity index (χ3n) is 3.70. The molecule has 0 aromatic rings. The Labute approximate surface area is 128 Å². The molecule has 22 heavy (non-hydrogen) atoms. The molecule has 1 N–H and O–H groups in total. The first-order valence-corrected chi connectivity index (χ1v) is 7.35. The van der Waals surface area contributed by atoms with Crippen LogP contribution >= 0.6 is 0 Å². The molecular formula is C15H20N2O5. The van der Waals surface area contributed by atoms with E-state index in [1.807, 2.05) is 12.2 Å². The van der Waals surface area contributed by atoms with Gasteiger partial charge in [-0.15, -0.1) is 0 Å². The second kappa shape index (κ2) is 6.72. The molecule has 1 fully saturated rings. The molecule has 0 bridgehead atoms. The lowest BCUT2D eigenvalue weighted by atomic mass is 9.85. The maximum absolute atomic E-state index is 12.2. The second-order valence-electron chi connectivity index (χ2n) is 5.80. The van der Waals surface area contributed by atoms with Crippen molar-refractivity contribution in [2.75, 3.05) is 13.2 Å². The topological polar surface area (TPSA) is 92.8 Å². The van der Waals surface area contributed by atoms with E-state index in [1.165, 1.54) is 0 Å². The lowest BCUT2D eigenvalue weighted by molar-refractivity contribution is -0.155. The lowest BCUT2D eigenvalue weighted by Crippen LogP contribution is -2.39. The summed E-state index contributed by atoms with van der Waals surface area (Å²) in [6, 6.07) is -0.0523. The summed E-state index contributed by atoms with van der Waals surface area (Å²) in [5, 5.41) is 2.58. The van der Waals surface area contributed by atoms with Crippen LogP contribution in [-0.4, -0.2) is 47.8 Å². The summed E-state index contributed by atoms with van der Waals surface area (Å²) in [4.78, 5) is 48.4. The molecule has 0 radical (unpaired) electrons. The third kappa shape index (κ3) is 3.52. The summed E-state index contributed by atoms with van der Waals surface area (Å²) in [6.07, 6.45) is 4.81. The number of imide groups is 1. The fraction of sp³-hybridized carbons (Fsp3) is 0.600. The van der Waals surface area contributed by atoms with Crippen LogP contribution in [0.15, 0.2) is 12.2 Å². The number of fused-ring (bicyclic) bond motifs is 1. The van der Waals surface area contributed by atoms with Crippen molar-refractivity contribution in [3.05, 3.63) is 12.2 Å². The quantitative estimate of drug-likeness (QED) is 0.438. The highest BCUT2D eigenvalue weighted by atomic mass is 16.5. The molecule has 0 aromatic heterocycles. The third-order valence-corrected chi connectivity index (χ3v) is 3.70. The van der Waals surface area contributed by atoms with Gasteiger partial charge < -0.3 is 10.1 Å². The number of rotatable bonds is 5. The van der Waals surface area contributed by atoms with Gasteiger partial charge in [0, 0.05) is 6.04 Å². The average molecular weight is 308 g/mol. The van der Waals surface area contributed by atoms with Gasteiger partial charge in [0.1, 0.15) is 6.54 Å². The van der Waals surface area contributed by atoms with E-state index in [4.69, 9.17) is 4.74 Å². The number of esters is 1. The van der Waals surface area contributed by atoms with Crippen molar-refractivity contribution >= 4 is 23.7 Å². The zero-order valence-corrected chi connectivity index (χ0v) is 12.7. The van der Waals surface area contributed by atoms with Gasteiger partial charge in [-0.05, 0) is 26.7 Å². The smallest absolute Gasteiger partial charge is 0.326 e. The number of nitrogens with one attached hydrogen (secondary N) is 1. The molecule has 7 nitrogen and oxygen atoms in total. The average Bonchev–Trinajstić information content (AvgIpc) is 2.70. The normalized spacial score (nSPS) is 23.7. The monoisotopic (exact) mass is 308 g/mol. The molecule has 1 heterocycles. The van der Waals surface area contributed by atoms with Crippen molar-refractivity contribution in [2.24, 2.45) is 11.8 Å². The first kappa shape index (κ1) is 16.2. The molecule has 1 aliphatic carbocycles. The summed E-state index contributed by atoms with van der Waals surface area (Å²) in [6.45, 7) is 2.73. The molecule has 2 atom stereocenters. The predicted octanol–water partition coefficient (Wildman–Crippen LogP) is 0.00540. The van der Waals surface area contributed by atoms with Gasteiger partial charge in [-0.2, -0.15) is 0 Å². The first-order chi connectivity index (χ1) is 10.4.